The Morgan fingerprint density at radius 2 is 1.65 bits per heavy atom. The van der Waals surface area contributed by atoms with Crippen molar-refractivity contribution < 1.29 is 0 Å². The number of hydrogen-bond donors (Lipinski definition) is 0. The second-order valence-corrected chi connectivity index (χ2v) is 5.59. The molecule has 3 aromatic carbocycles. The molecule has 0 nitrogen and oxygen atoms in total. The summed E-state index contributed by atoms with van der Waals surface area (Å²) in [5.41, 5.74) is 5.70. The van der Waals surface area contributed by atoms with Gasteiger partial charge in [-0.25, -0.2) is 0 Å². The average molecular weight is 257 g/mol. The third-order valence-electron chi connectivity index (χ3n) is 4.38. The van der Waals surface area contributed by atoms with Gasteiger partial charge in [-0.3, -0.25) is 0 Å². The average Bonchev–Trinajstić information content (AvgIpc) is 2.54. The molecule has 0 bridgehead atoms. The Hall–Kier alpha value is -2.08. The second kappa shape index (κ2) is 4.79. The lowest BCUT2D eigenvalue weighted by Gasteiger charge is -2.20. The highest BCUT2D eigenvalue weighted by atomic mass is 14.2. The van der Waals surface area contributed by atoms with Gasteiger partial charge in [-0.1, -0.05) is 54.6 Å². The van der Waals surface area contributed by atoms with Crippen LogP contribution in [0.2, 0.25) is 0 Å². The van der Waals surface area contributed by atoms with Crippen molar-refractivity contribution in [3.63, 3.8) is 0 Å². The molecule has 0 heterocycles. The Kier molecular flexibility index (Phi) is 2.81. The van der Waals surface area contributed by atoms with Crippen molar-refractivity contribution >= 4 is 10.8 Å². The van der Waals surface area contributed by atoms with Gasteiger partial charge in [0.15, 0.2) is 0 Å². The number of hydrogen-bond acceptors (Lipinski definition) is 0. The highest BCUT2D eigenvalue weighted by Crippen LogP contribution is 2.34. The normalized spacial score (nSPS) is 14.2. The fourth-order valence-electron chi connectivity index (χ4n) is 3.39. The molecule has 97 valence electrons. The van der Waals surface area contributed by atoms with E-state index in [2.05, 4.69) is 60.7 Å². The summed E-state index contributed by atoms with van der Waals surface area (Å²) < 4.78 is 0. The molecule has 20 heavy (non-hydrogen) atoms. The summed E-state index contributed by atoms with van der Waals surface area (Å²) in [6.07, 6.45) is 5.06. The Balaban J connectivity index is 2.00. The van der Waals surface area contributed by atoms with E-state index in [0.717, 1.165) is 0 Å². The molecule has 3 aromatic rings. The third-order valence-corrected chi connectivity index (χ3v) is 4.38. The van der Waals surface area contributed by atoms with E-state index in [9.17, 15) is 0 Å². The fourth-order valence-corrected chi connectivity index (χ4v) is 3.39. The summed E-state index contributed by atoms with van der Waals surface area (Å²) in [5, 5.41) is 2.65. The zero-order valence-electron chi connectivity index (χ0n) is 11.5. The van der Waals surface area contributed by atoms with Crippen LogP contribution < -0.4 is 0 Å². The van der Waals surface area contributed by atoms with Gasteiger partial charge in [0, 0.05) is 0 Å². The zero-order valence-corrected chi connectivity index (χ0v) is 11.5. The fraction of sp³-hybridized carbons (Fsp3) is 0.200. The molecular formula is C20H17. The maximum absolute atomic E-state index is 3.50. The lowest BCUT2D eigenvalue weighted by molar-refractivity contribution is 0.687. The van der Waals surface area contributed by atoms with Crippen molar-refractivity contribution in [3.8, 4) is 11.1 Å². The van der Waals surface area contributed by atoms with Gasteiger partial charge in [0.1, 0.15) is 0 Å². The number of rotatable bonds is 1. The molecule has 0 aromatic heterocycles. The zero-order chi connectivity index (χ0) is 13.4. The number of aryl methyl sites for hydroxylation is 1. The first-order valence-corrected chi connectivity index (χ1v) is 7.44. The summed E-state index contributed by atoms with van der Waals surface area (Å²) in [6, 6.07) is 23.1. The van der Waals surface area contributed by atoms with Gasteiger partial charge in [0.05, 0.1) is 0 Å². The molecule has 0 heteroatoms. The van der Waals surface area contributed by atoms with Crippen LogP contribution in [-0.4, -0.2) is 0 Å². The van der Waals surface area contributed by atoms with Crippen LogP contribution in [0, 0.1) is 6.07 Å². The maximum atomic E-state index is 3.50. The molecule has 0 atom stereocenters. The number of fused-ring (bicyclic) bond motifs is 2. The first kappa shape index (κ1) is 11.7. The summed E-state index contributed by atoms with van der Waals surface area (Å²) >= 11 is 0. The van der Waals surface area contributed by atoms with E-state index in [1.807, 2.05) is 0 Å². The predicted molar refractivity (Wildman–Crippen MR) is 84.9 cm³/mol. The minimum Gasteiger partial charge on any atom is -0.0616 e. The molecule has 0 unspecified atom stereocenters. The Bertz CT molecular complexity index is 763. The van der Waals surface area contributed by atoms with Gasteiger partial charge in [-0.05, 0) is 64.8 Å². The molecule has 0 spiro atoms. The van der Waals surface area contributed by atoms with E-state index in [1.165, 1.54) is 58.7 Å². The van der Waals surface area contributed by atoms with Crippen molar-refractivity contribution in [2.45, 2.75) is 25.7 Å². The Morgan fingerprint density at radius 1 is 0.800 bits per heavy atom. The first-order chi connectivity index (χ1) is 9.93. The molecule has 1 aliphatic rings. The van der Waals surface area contributed by atoms with Crippen molar-refractivity contribution in [2.24, 2.45) is 0 Å². The third kappa shape index (κ3) is 1.84. The molecule has 1 aliphatic carbocycles. The maximum Gasteiger partial charge on any atom is -0.00641 e. The van der Waals surface area contributed by atoms with Crippen LogP contribution in [0.15, 0.2) is 54.6 Å². The van der Waals surface area contributed by atoms with E-state index in [1.54, 1.807) is 0 Å². The van der Waals surface area contributed by atoms with E-state index in [0.29, 0.717) is 0 Å². The van der Waals surface area contributed by atoms with Gasteiger partial charge in [0.2, 0.25) is 0 Å². The van der Waals surface area contributed by atoms with Gasteiger partial charge in [-0.15, -0.1) is 0 Å². The molecule has 0 saturated heterocycles. The van der Waals surface area contributed by atoms with Crippen LogP contribution in [-0.2, 0) is 12.8 Å². The lowest BCUT2D eigenvalue weighted by Crippen LogP contribution is -2.04. The van der Waals surface area contributed by atoms with Crippen LogP contribution in [0.25, 0.3) is 21.9 Å². The molecule has 1 radical (unpaired) electrons. The second-order valence-electron chi connectivity index (χ2n) is 5.59. The van der Waals surface area contributed by atoms with Crippen LogP contribution >= 0.6 is 0 Å². The lowest BCUT2D eigenvalue weighted by atomic mass is 9.85. The van der Waals surface area contributed by atoms with Gasteiger partial charge >= 0.3 is 0 Å². The first-order valence-electron chi connectivity index (χ1n) is 7.44. The summed E-state index contributed by atoms with van der Waals surface area (Å²) in [7, 11) is 0. The number of benzene rings is 3. The van der Waals surface area contributed by atoms with Gasteiger partial charge < -0.3 is 0 Å². The molecule has 0 saturated carbocycles. The van der Waals surface area contributed by atoms with Crippen LogP contribution in [0.4, 0.5) is 0 Å². The van der Waals surface area contributed by atoms with Crippen LogP contribution in [0.1, 0.15) is 24.0 Å². The van der Waals surface area contributed by atoms with Crippen molar-refractivity contribution in [3.05, 3.63) is 71.8 Å². The molecule has 0 fully saturated rings. The van der Waals surface area contributed by atoms with Crippen molar-refractivity contribution in [1.82, 2.24) is 0 Å². The van der Waals surface area contributed by atoms with E-state index >= 15 is 0 Å². The molecule has 4 rings (SSSR count). The van der Waals surface area contributed by atoms with Crippen LogP contribution in [0.3, 0.4) is 0 Å². The van der Waals surface area contributed by atoms with Crippen molar-refractivity contribution in [1.29, 1.82) is 0 Å². The largest absolute Gasteiger partial charge is 0.0616 e. The Morgan fingerprint density at radius 3 is 2.65 bits per heavy atom. The molecule has 0 aliphatic heterocycles. The predicted octanol–water partition coefficient (Wildman–Crippen LogP) is 5.19. The van der Waals surface area contributed by atoms with Gasteiger partial charge in [0.25, 0.3) is 0 Å². The minimum atomic E-state index is 1.20. The van der Waals surface area contributed by atoms with E-state index in [4.69, 9.17) is 0 Å². The highest BCUT2D eigenvalue weighted by molar-refractivity contribution is 5.97. The monoisotopic (exact) mass is 257 g/mol. The molecular weight excluding hydrogens is 240 g/mol. The Labute approximate surface area is 120 Å². The van der Waals surface area contributed by atoms with Gasteiger partial charge in [-0.2, -0.15) is 0 Å². The molecule has 0 N–H and O–H groups in total. The minimum absolute atomic E-state index is 1.20. The molecule has 0 amide bonds. The standard InChI is InChI=1S/C20H17/c1-3-11-17-15(7-1)9-5-13-19(17)20-14-6-10-16-8-2-4-12-18(16)20/h1,3,5-7,9-11,13H,2,4,8,12H2. The smallest absolute Gasteiger partial charge is 0.00641 e. The van der Waals surface area contributed by atoms with Crippen molar-refractivity contribution in [2.75, 3.05) is 0 Å². The van der Waals surface area contributed by atoms with E-state index < -0.39 is 0 Å². The van der Waals surface area contributed by atoms with Crippen LogP contribution in [0.5, 0.6) is 0 Å². The summed E-state index contributed by atoms with van der Waals surface area (Å²) in [5.74, 6) is 0. The summed E-state index contributed by atoms with van der Waals surface area (Å²) in [6.45, 7) is 0. The SMILES string of the molecule is [c]1ccc2c(c1-c1cccc3ccccc13)CCCC2. The topological polar surface area (TPSA) is 0 Å². The quantitative estimate of drug-likeness (QED) is 0.563. The van der Waals surface area contributed by atoms with E-state index in [-0.39, 0.29) is 0 Å². The highest BCUT2D eigenvalue weighted by Gasteiger charge is 2.15. The summed E-state index contributed by atoms with van der Waals surface area (Å²) in [4.78, 5) is 0.